The topological polar surface area (TPSA) is 68.4 Å². The van der Waals surface area contributed by atoms with Crippen molar-refractivity contribution in [2.45, 2.75) is 71.1 Å². The van der Waals surface area contributed by atoms with Crippen molar-refractivity contribution in [1.29, 1.82) is 0 Å². The molecule has 1 aliphatic carbocycles. The maximum atomic E-state index is 13.7. The first-order valence-corrected chi connectivity index (χ1v) is 14.1. The fourth-order valence-electron chi connectivity index (χ4n) is 5.34. The molecule has 1 aromatic heterocycles. The Bertz CT molecular complexity index is 1260. The number of alkyl halides is 3. The molecule has 0 bridgehead atoms. The number of hydrogen-bond donors (Lipinski definition) is 2. The monoisotopic (exact) mass is 556 g/mol. The van der Waals surface area contributed by atoms with Crippen molar-refractivity contribution in [3.05, 3.63) is 71.4 Å². The van der Waals surface area contributed by atoms with Gasteiger partial charge >= 0.3 is 12.2 Å². The zero-order chi connectivity index (χ0) is 28.7. The second kappa shape index (κ2) is 13.2. The lowest BCUT2D eigenvalue weighted by atomic mass is 9.96. The number of nitrogens with zero attached hydrogens (tertiary/aromatic N) is 2. The normalized spacial score (nSPS) is 14.4. The van der Waals surface area contributed by atoms with E-state index in [0.29, 0.717) is 25.1 Å². The van der Waals surface area contributed by atoms with E-state index in [2.05, 4.69) is 10.3 Å². The van der Waals surface area contributed by atoms with E-state index in [9.17, 15) is 22.8 Å². The lowest BCUT2D eigenvalue weighted by Gasteiger charge is -2.31. The third-order valence-electron chi connectivity index (χ3n) is 7.47. The van der Waals surface area contributed by atoms with Crippen molar-refractivity contribution in [1.82, 2.24) is 20.1 Å². The van der Waals surface area contributed by atoms with Crippen molar-refractivity contribution < 1.29 is 22.8 Å². The number of amides is 3. The van der Waals surface area contributed by atoms with Crippen molar-refractivity contribution in [3.63, 3.8) is 0 Å². The van der Waals surface area contributed by atoms with Crippen LogP contribution in [-0.4, -0.2) is 52.4 Å². The number of hydrogen-bond acceptors (Lipinski definition) is 2. The summed E-state index contributed by atoms with van der Waals surface area (Å²) in [5.41, 5.74) is 1.92. The smallest absolute Gasteiger partial charge is 0.361 e. The minimum Gasteiger partial charge on any atom is -0.361 e. The molecule has 216 valence electrons. The fraction of sp³-hybridized carbons (Fsp3) is 0.484. The molecule has 4 rings (SSSR count). The highest BCUT2D eigenvalue weighted by Gasteiger charge is 2.30. The van der Waals surface area contributed by atoms with Crippen LogP contribution >= 0.6 is 0 Å². The van der Waals surface area contributed by atoms with E-state index >= 15 is 0 Å². The van der Waals surface area contributed by atoms with Crippen molar-refractivity contribution in [2.24, 2.45) is 5.92 Å². The fourth-order valence-corrected chi connectivity index (χ4v) is 5.34. The lowest BCUT2D eigenvalue weighted by Crippen LogP contribution is -2.50. The van der Waals surface area contributed by atoms with Crippen LogP contribution in [0.1, 0.15) is 62.6 Å². The molecule has 2 aromatic carbocycles. The summed E-state index contributed by atoms with van der Waals surface area (Å²) >= 11 is 0. The molecule has 3 amide bonds. The molecule has 9 heteroatoms. The minimum atomic E-state index is -4.42. The van der Waals surface area contributed by atoms with E-state index < -0.39 is 11.7 Å². The number of urea groups is 1. The Kier molecular flexibility index (Phi) is 9.76. The second-order valence-electron chi connectivity index (χ2n) is 11.2. The summed E-state index contributed by atoms with van der Waals surface area (Å²) in [6.07, 6.45) is 3.30. The average molecular weight is 557 g/mol. The zero-order valence-electron chi connectivity index (χ0n) is 23.3. The lowest BCUT2D eigenvalue weighted by molar-refractivity contribution is -0.137. The van der Waals surface area contributed by atoms with Crippen LogP contribution in [0.4, 0.5) is 18.0 Å². The Hall–Kier alpha value is -3.49. The van der Waals surface area contributed by atoms with E-state index in [-0.39, 0.29) is 37.0 Å². The Morgan fingerprint density at radius 1 is 1.00 bits per heavy atom. The highest BCUT2D eigenvalue weighted by atomic mass is 19.4. The predicted molar refractivity (Wildman–Crippen MR) is 151 cm³/mol. The molecule has 0 unspecified atom stereocenters. The highest BCUT2D eigenvalue weighted by Crippen LogP contribution is 2.29. The van der Waals surface area contributed by atoms with E-state index in [0.717, 1.165) is 54.3 Å². The number of benzene rings is 2. The molecule has 1 heterocycles. The summed E-state index contributed by atoms with van der Waals surface area (Å²) in [6, 6.07) is 12.7. The molecule has 1 aliphatic rings. The van der Waals surface area contributed by atoms with Crippen LogP contribution in [0.25, 0.3) is 10.9 Å². The molecule has 1 fully saturated rings. The first kappa shape index (κ1) is 29.5. The van der Waals surface area contributed by atoms with Gasteiger partial charge in [0.05, 0.1) is 5.56 Å². The quantitative estimate of drug-likeness (QED) is 0.290. The number of carbonyl (C=O) groups excluding carboxylic acids is 2. The highest BCUT2D eigenvalue weighted by molar-refractivity contribution is 5.85. The van der Waals surface area contributed by atoms with Crippen LogP contribution in [0.15, 0.2) is 54.7 Å². The largest absolute Gasteiger partial charge is 0.416 e. The van der Waals surface area contributed by atoms with Gasteiger partial charge in [-0.15, -0.1) is 0 Å². The van der Waals surface area contributed by atoms with Gasteiger partial charge < -0.3 is 20.1 Å². The average Bonchev–Trinajstić information content (AvgIpc) is 3.33. The van der Waals surface area contributed by atoms with Crippen molar-refractivity contribution in [2.75, 3.05) is 19.6 Å². The number of rotatable bonds is 10. The number of para-hydroxylation sites is 1. The Morgan fingerprint density at radius 2 is 1.70 bits per heavy atom. The molecular weight excluding hydrogens is 517 g/mol. The van der Waals surface area contributed by atoms with Gasteiger partial charge in [-0.05, 0) is 54.5 Å². The number of H-pyrrole nitrogens is 1. The molecule has 0 radical (unpaired) electrons. The maximum absolute atomic E-state index is 13.7. The van der Waals surface area contributed by atoms with Gasteiger partial charge in [0.15, 0.2) is 0 Å². The molecule has 0 saturated heterocycles. The third-order valence-corrected chi connectivity index (χ3v) is 7.47. The van der Waals surface area contributed by atoms with Crippen molar-refractivity contribution >= 4 is 22.8 Å². The predicted octanol–water partition coefficient (Wildman–Crippen LogP) is 6.76. The number of aromatic amines is 1. The number of fused-ring (bicyclic) bond motifs is 1. The summed E-state index contributed by atoms with van der Waals surface area (Å²) in [4.78, 5) is 33.4. The van der Waals surface area contributed by atoms with Gasteiger partial charge in [-0.2, -0.15) is 13.2 Å². The first-order chi connectivity index (χ1) is 19.1. The summed E-state index contributed by atoms with van der Waals surface area (Å²) in [6.45, 7) is 4.86. The molecule has 0 aliphatic heterocycles. The number of aromatic nitrogens is 1. The maximum Gasteiger partial charge on any atom is 0.416 e. The number of nitrogens with one attached hydrogen (secondary N) is 2. The molecule has 3 aromatic rings. The summed E-state index contributed by atoms with van der Waals surface area (Å²) < 4.78 is 39.3. The van der Waals surface area contributed by atoms with Crippen molar-refractivity contribution in [3.8, 4) is 0 Å². The molecular formula is C31H39F3N4O2. The van der Waals surface area contributed by atoms with Gasteiger partial charge in [0.2, 0.25) is 5.91 Å². The van der Waals surface area contributed by atoms with Crippen LogP contribution in [0, 0.1) is 5.92 Å². The van der Waals surface area contributed by atoms with Gasteiger partial charge in [0.25, 0.3) is 0 Å². The van der Waals surface area contributed by atoms with Crippen LogP contribution in [-0.2, 0) is 23.9 Å². The molecule has 6 nitrogen and oxygen atoms in total. The zero-order valence-corrected chi connectivity index (χ0v) is 23.3. The summed E-state index contributed by atoms with van der Waals surface area (Å²) in [7, 11) is 0. The van der Waals surface area contributed by atoms with E-state index in [4.69, 9.17) is 0 Å². The van der Waals surface area contributed by atoms with Crippen LogP contribution in [0.2, 0.25) is 0 Å². The standard InChI is InChI=1S/C31H39F3N4O2/c1-22(2)19-38(30(40)36-26-8-4-3-5-9-26)21-29(39)37(20-23-12-14-25(15-13-23)31(32,33)34)17-16-24-18-35-28-11-7-6-10-27(24)28/h6-7,10-15,18,22,26,35H,3-5,8-9,16-17,19-21H2,1-2H3,(H,36,40). The molecule has 0 atom stereocenters. The van der Waals surface area contributed by atoms with Gasteiger partial charge in [0, 0.05) is 42.8 Å². The van der Waals surface area contributed by atoms with E-state index in [1.807, 2.05) is 44.3 Å². The number of carbonyl (C=O) groups is 2. The van der Waals surface area contributed by atoms with E-state index in [1.165, 1.54) is 18.6 Å². The molecule has 2 N–H and O–H groups in total. The molecule has 0 spiro atoms. The van der Waals surface area contributed by atoms with Crippen LogP contribution in [0.3, 0.4) is 0 Å². The second-order valence-corrected chi connectivity index (χ2v) is 11.2. The minimum absolute atomic E-state index is 0.0920. The van der Waals surface area contributed by atoms with Crippen LogP contribution in [0.5, 0.6) is 0 Å². The Morgan fingerprint density at radius 3 is 2.38 bits per heavy atom. The van der Waals surface area contributed by atoms with Crippen LogP contribution < -0.4 is 5.32 Å². The summed E-state index contributed by atoms with van der Waals surface area (Å²) in [5.74, 6) is -0.0707. The Labute approximate surface area is 233 Å². The Balaban J connectivity index is 1.51. The van der Waals surface area contributed by atoms with Gasteiger partial charge in [-0.3, -0.25) is 4.79 Å². The van der Waals surface area contributed by atoms with Gasteiger partial charge in [-0.25, -0.2) is 4.79 Å². The molecule has 40 heavy (non-hydrogen) atoms. The molecule has 1 saturated carbocycles. The van der Waals surface area contributed by atoms with E-state index in [1.54, 1.807) is 9.80 Å². The third kappa shape index (κ3) is 8.02. The first-order valence-electron chi connectivity index (χ1n) is 14.1. The summed E-state index contributed by atoms with van der Waals surface area (Å²) in [5, 5.41) is 4.19. The van der Waals surface area contributed by atoms with Gasteiger partial charge in [0.1, 0.15) is 6.54 Å². The number of halogens is 3. The SMILES string of the molecule is CC(C)CN(CC(=O)N(CCc1c[nH]c2ccccc12)Cc1ccc(C(F)(F)F)cc1)C(=O)NC1CCCCC1. The van der Waals surface area contributed by atoms with Gasteiger partial charge in [-0.1, -0.05) is 63.4 Å².